The first-order valence-electron chi connectivity index (χ1n) is 7.86. The van der Waals surface area contributed by atoms with Crippen LogP contribution in [0.2, 0.25) is 0 Å². The molecule has 0 bridgehead atoms. The summed E-state index contributed by atoms with van der Waals surface area (Å²) in [5.41, 5.74) is 1.56. The molecule has 2 aromatic carbocycles. The van der Waals surface area contributed by atoms with Crippen molar-refractivity contribution in [2.45, 2.75) is 33.0 Å². The molecule has 1 amide bonds. The molecule has 0 spiro atoms. The fourth-order valence-corrected chi connectivity index (χ4v) is 2.04. The molecule has 0 aliphatic carbocycles. The van der Waals surface area contributed by atoms with Crippen molar-refractivity contribution < 1.29 is 23.5 Å². The van der Waals surface area contributed by atoms with E-state index in [-0.39, 0.29) is 0 Å². The van der Waals surface area contributed by atoms with Crippen LogP contribution >= 0.6 is 0 Å². The van der Waals surface area contributed by atoms with Crippen molar-refractivity contribution >= 4 is 17.6 Å². The molecular weight excluding hydrogens is 325 g/mol. The van der Waals surface area contributed by atoms with Crippen LogP contribution < -0.4 is 10.1 Å². The van der Waals surface area contributed by atoms with Gasteiger partial charge in [0.25, 0.3) is 5.91 Å². The molecule has 0 saturated heterocycles. The lowest BCUT2D eigenvalue weighted by Crippen LogP contribution is -2.35. The molecule has 0 saturated carbocycles. The molecule has 1 N–H and O–H groups in total. The Labute approximate surface area is 145 Å². The van der Waals surface area contributed by atoms with Crippen LogP contribution in [0.4, 0.5) is 10.1 Å². The first-order chi connectivity index (χ1) is 11.9. The van der Waals surface area contributed by atoms with Crippen LogP contribution in [-0.2, 0) is 14.3 Å². The highest BCUT2D eigenvalue weighted by Gasteiger charge is 2.23. The Kier molecular flexibility index (Phi) is 6.11. The van der Waals surface area contributed by atoms with Crippen LogP contribution in [0.3, 0.4) is 0 Å². The van der Waals surface area contributed by atoms with Gasteiger partial charge in [0.2, 0.25) is 0 Å². The van der Waals surface area contributed by atoms with E-state index in [4.69, 9.17) is 9.47 Å². The fourth-order valence-electron chi connectivity index (χ4n) is 2.04. The lowest BCUT2D eigenvalue weighted by molar-refractivity contribution is -0.159. The van der Waals surface area contributed by atoms with E-state index in [2.05, 4.69) is 5.32 Å². The highest BCUT2D eigenvalue weighted by molar-refractivity contribution is 5.95. The number of carbonyl (C=O) groups is 2. The number of halogens is 1. The van der Waals surface area contributed by atoms with Crippen LogP contribution in [0, 0.1) is 12.7 Å². The summed E-state index contributed by atoms with van der Waals surface area (Å²) < 4.78 is 23.4. The van der Waals surface area contributed by atoms with Gasteiger partial charge in [0.15, 0.2) is 12.2 Å². The van der Waals surface area contributed by atoms with Gasteiger partial charge in [0.1, 0.15) is 11.6 Å². The van der Waals surface area contributed by atoms with E-state index in [1.54, 1.807) is 12.1 Å². The van der Waals surface area contributed by atoms with E-state index in [9.17, 15) is 14.0 Å². The number of hydrogen-bond acceptors (Lipinski definition) is 4. The number of carbonyl (C=O) groups excluding carboxylic acids is 2. The number of benzene rings is 2. The Morgan fingerprint density at radius 3 is 2.28 bits per heavy atom. The van der Waals surface area contributed by atoms with Crippen molar-refractivity contribution in [1.29, 1.82) is 0 Å². The topological polar surface area (TPSA) is 64.6 Å². The number of anilines is 1. The number of aryl methyl sites for hydroxylation is 1. The van der Waals surface area contributed by atoms with Crippen LogP contribution in [0.25, 0.3) is 0 Å². The number of para-hydroxylation sites is 1. The standard InChI is InChI=1S/C19H20FNO4/c1-12-6-4-5-7-17(12)21-18(22)13(2)25-19(23)14(3)24-16-10-8-15(20)9-11-16/h4-11,13-14H,1-3H3,(H,21,22)/t13-,14-/m1/s1. The molecule has 5 nitrogen and oxygen atoms in total. The number of esters is 1. The molecule has 2 atom stereocenters. The van der Waals surface area contributed by atoms with Crippen molar-refractivity contribution in [3.63, 3.8) is 0 Å². The van der Waals surface area contributed by atoms with Gasteiger partial charge in [0, 0.05) is 5.69 Å². The molecule has 2 aromatic rings. The molecule has 0 aliphatic rings. The van der Waals surface area contributed by atoms with Gasteiger partial charge >= 0.3 is 5.97 Å². The molecular formula is C19H20FNO4. The van der Waals surface area contributed by atoms with Gasteiger partial charge in [-0.15, -0.1) is 0 Å². The molecule has 132 valence electrons. The second kappa shape index (κ2) is 8.28. The maximum absolute atomic E-state index is 12.9. The van der Waals surface area contributed by atoms with E-state index >= 15 is 0 Å². The van der Waals surface area contributed by atoms with E-state index < -0.39 is 29.9 Å². The second-order valence-corrected chi connectivity index (χ2v) is 5.60. The minimum absolute atomic E-state index is 0.336. The van der Waals surface area contributed by atoms with E-state index in [1.807, 2.05) is 19.1 Å². The molecule has 0 unspecified atom stereocenters. The van der Waals surface area contributed by atoms with Crippen LogP contribution in [0.1, 0.15) is 19.4 Å². The number of ether oxygens (including phenoxy) is 2. The van der Waals surface area contributed by atoms with Gasteiger partial charge in [-0.05, 0) is 56.7 Å². The SMILES string of the molecule is Cc1ccccc1NC(=O)[C@@H](C)OC(=O)[C@@H](C)Oc1ccc(F)cc1. The first-order valence-corrected chi connectivity index (χ1v) is 7.86. The summed E-state index contributed by atoms with van der Waals surface area (Å²) in [6, 6.07) is 12.6. The summed E-state index contributed by atoms with van der Waals surface area (Å²) in [6.45, 7) is 4.85. The minimum Gasteiger partial charge on any atom is -0.479 e. The largest absolute Gasteiger partial charge is 0.479 e. The van der Waals surface area contributed by atoms with Gasteiger partial charge in [-0.1, -0.05) is 18.2 Å². The Hall–Kier alpha value is -2.89. The van der Waals surface area contributed by atoms with E-state index in [0.717, 1.165) is 5.56 Å². The third-order valence-electron chi connectivity index (χ3n) is 3.52. The van der Waals surface area contributed by atoms with Crippen molar-refractivity contribution in [2.75, 3.05) is 5.32 Å². The molecule has 25 heavy (non-hydrogen) atoms. The van der Waals surface area contributed by atoms with Gasteiger partial charge in [-0.3, -0.25) is 4.79 Å². The molecule has 6 heteroatoms. The summed E-state index contributed by atoms with van der Waals surface area (Å²) >= 11 is 0. The maximum Gasteiger partial charge on any atom is 0.347 e. The van der Waals surface area contributed by atoms with Crippen molar-refractivity contribution in [1.82, 2.24) is 0 Å². The normalized spacial score (nSPS) is 12.8. The Bertz CT molecular complexity index is 745. The Balaban J connectivity index is 1.89. The monoisotopic (exact) mass is 345 g/mol. The van der Waals surface area contributed by atoms with E-state index in [0.29, 0.717) is 11.4 Å². The van der Waals surface area contributed by atoms with E-state index in [1.165, 1.54) is 38.1 Å². The predicted molar refractivity (Wildman–Crippen MR) is 91.9 cm³/mol. The van der Waals surface area contributed by atoms with Crippen LogP contribution in [0.15, 0.2) is 48.5 Å². The first kappa shape index (κ1) is 18.4. The van der Waals surface area contributed by atoms with Gasteiger partial charge in [0.05, 0.1) is 0 Å². The number of rotatable bonds is 6. The zero-order valence-electron chi connectivity index (χ0n) is 14.3. The van der Waals surface area contributed by atoms with Crippen molar-refractivity contribution in [3.8, 4) is 5.75 Å². The number of hydrogen-bond donors (Lipinski definition) is 1. The fraction of sp³-hybridized carbons (Fsp3) is 0.263. The van der Waals surface area contributed by atoms with Gasteiger partial charge < -0.3 is 14.8 Å². The third-order valence-corrected chi connectivity index (χ3v) is 3.52. The zero-order valence-corrected chi connectivity index (χ0v) is 14.3. The lowest BCUT2D eigenvalue weighted by Gasteiger charge is -2.18. The summed E-state index contributed by atoms with van der Waals surface area (Å²) in [6.07, 6.45) is -1.91. The third kappa shape index (κ3) is 5.31. The predicted octanol–water partition coefficient (Wildman–Crippen LogP) is 3.47. The summed E-state index contributed by atoms with van der Waals surface area (Å²) in [5, 5.41) is 2.71. The minimum atomic E-state index is -0.980. The summed E-state index contributed by atoms with van der Waals surface area (Å²) in [4.78, 5) is 24.2. The average molecular weight is 345 g/mol. The molecule has 0 fully saturated rings. The highest BCUT2D eigenvalue weighted by atomic mass is 19.1. The Morgan fingerprint density at radius 1 is 1.00 bits per heavy atom. The molecule has 0 aliphatic heterocycles. The van der Waals surface area contributed by atoms with Gasteiger partial charge in [-0.25, -0.2) is 9.18 Å². The highest BCUT2D eigenvalue weighted by Crippen LogP contribution is 2.15. The number of amides is 1. The summed E-state index contributed by atoms with van der Waals surface area (Å²) in [5.74, 6) is -1.18. The maximum atomic E-state index is 12.9. The number of nitrogens with one attached hydrogen (secondary N) is 1. The van der Waals surface area contributed by atoms with Crippen LogP contribution in [0.5, 0.6) is 5.75 Å². The second-order valence-electron chi connectivity index (χ2n) is 5.60. The van der Waals surface area contributed by atoms with Crippen LogP contribution in [-0.4, -0.2) is 24.1 Å². The lowest BCUT2D eigenvalue weighted by atomic mass is 10.2. The quantitative estimate of drug-likeness (QED) is 0.814. The Morgan fingerprint density at radius 2 is 1.64 bits per heavy atom. The van der Waals surface area contributed by atoms with Crippen molar-refractivity contribution in [3.05, 3.63) is 59.9 Å². The van der Waals surface area contributed by atoms with Crippen molar-refractivity contribution in [2.24, 2.45) is 0 Å². The molecule has 0 heterocycles. The molecule has 2 rings (SSSR count). The average Bonchev–Trinajstić information content (AvgIpc) is 2.58. The molecule has 0 aromatic heterocycles. The zero-order chi connectivity index (χ0) is 18.4. The molecule has 0 radical (unpaired) electrons. The van der Waals surface area contributed by atoms with Gasteiger partial charge in [-0.2, -0.15) is 0 Å². The smallest absolute Gasteiger partial charge is 0.347 e. The summed E-state index contributed by atoms with van der Waals surface area (Å²) in [7, 11) is 0.